The third kappa shape index (κ3) is 2.62. The number of thiocarbonyl (C=S) groups is 1. The quantitative estimate of drug-likeness (QED) is 0.804. The average molecular weight is 230 g/mol. The maximum Gasteiger partial charge on any atom is 0.182 e. The van der Waals surface area contributed by atoms with Gasteiger partial charge in [0.1, 0.15) is 0 Å². The standard InChI is InChI=1S/C10H12F2N2S/c1-14(2)10-6(5-8(13)15)3-4-7(11)9(10)12/h3-4H,5H2,1-2H3,(H2,13,15). The topological polar surface area (TPSA) is 29.3 Å². The number of benzene rings is 1. The molecule has 5 heteroatoms. The summed E-state index contributed by atoms with van der Waals surface area (Å²) < 4.78 is 26.5. The second kappa shape index (κ2) is 4.53. The third-order valence-corrected chi connectivity index (χ3v) is 2.11. The Labute approximate surface area is 92.7 Å². The van der Waals surface area contributed by atoms with Crippen molar-refractivity contribution in [3.8, 4) is 0 Å². The molecule has 1 rings (SSSR count). The fourth-order valence-corrected chi connectivity index (χ4v) is 1.55. The summed E-state index contributed by atoms with van der Waals surface area (Å²) in [6.45, 7) is 0. The molecule has 1 aromatic carbocycles. The minimum Gasteiger partial charge on any atom is -0.393 e. The van der Waals surface area contributed by atoms with Crippen LogP contribution in [0.4, 0.5) is 14.5 Å². The van der Waals surface area contributed by atoms with E-state index in [4.69, 9.17) is 18.0 Å². The number of anilines is 1. The molecule has 0 amide bonds. The number of hydrogen-bond donors (Lipinski definition) is 1. The van der Waals surface area contributed by atoms with Gasteiger partial charge in [0.15, 0.2) is 11.6 Å². The van der Waals surface area contributed by atoms with Gasteiger partial charge in [0, 0.05) is 20.5 Å². The van der Waals surface area contributed by atoms with Crippen LogP contribution in [-0.2, 0) is 6.42 Å². The Kier molecular flexibility index (Phi) is 3.57. The van der Waals surface area contributed by atoms with E-state index < -0.39 is 11.6 Å². The van der Waals surface area contributed by atoms with Crippen molar-refractivity contribution >= 4 is 22.9 Å². The maximum absolute atomic E-state index is 13.5. The second-order valence-corrected chi connectivity index (χ2v) is 3.93. The first-order valence-corrected chi connectivity index (χ1v) is 4.76. The lowest BCUT2D eigenvalue weighted by molar-refractivity contribution is 0.508. The fourth-order valence-electron chi connectivity index (χ4n) is 1.39. The van der Waals surface area contributed by atoms with Crippen LogP contribution in [0.25, 0.3) is 0 Å². The molecule has 0 aliphatic heterocycles. The normalized spacial score (nSPS) is 10.1. The highest BCUT2D eigenvalue weighted by Crippen LogP contribution is 2.25. The molecule has 0 radical (unpaired) electrons. The Balaban J connectivity index is 3.26. The monoisotopic (exact) mass is 230 g/mol. The van der Waals surface area contributed by atoms with E-state index in [0.29, 0.717) is 5.56 Å². The molecule has 0 heterocycles. The van der Waals surface area contributed by atoms with Crippen molar-refractivity contribution in [1.29, 1.82) is 0 Å². The highest BCUT2D eigenvalue weighted by atomic mass is 32.1. The van der Waals surface area contributed by atoms with E-state index in [1.165, 1.54) is 11.0 Å². The van der Waals surface area contributed by atoms with Crippen molar-refractivity contribution in [3.05, 3.63) is 29.3 Å². The van der Waals surface area contributed by atoms with Crippen LogP contribution in [0, 0.1) is 11.6 Å². The molecule has 15 heavy (non-hydrogen) atoms. The van der Waals surface area contributed by atoms with Crippen LogP contribution in [-0.4, -0.2) is 19.1 Å². The summed E-state index contributed by atoms with van der Waals surface area (Å²) in [5.74, 6) is -1.74. The van der Waals surface area contributed by atoms with Gasteiger partial charge in [-0.2, -0.15) is 0 Å². The molecular weight excluding hydrogens is 218 g/mol. The van der Waals surface area contributed by atoms with Gasteiger partial charge >= 0.3 is 0 Å². The lowest BCUT2D eigenvalue weighted by atomic mass is 10.1. The molecule has 0 unspecified atom stereocenters. The van der Waals surface area contributed by atoms with Crippen molar-refractivity contribution in [3.63, 3.8) is 0 Å². The van der Waals surface area contributed by atoms with Crippen LogP contribution in [0.15, 0.2) is 12.1 Å². The Morgan fingerprint density at radius 3 is 2.47 bits per heavy atom. The van der Waals surface area contributed by atoms with E-state index in [1.54, 1.807) is 14.1 Å². The van der Waals surface area contributed by atoms with Gasteiger partial charge in [-0.25, -0.2) is 8.78 Å². The van der Waals surface area contributed by atoms with Gasteiger partial charge in [-0.05, 0) is 11.6 Å². The van der Waals surface area contributed by atoms with E-state index >= 15 is 0 Å². The van der Waals surface area contributed by atoms with Crippen LogP contribution < -0.4 is 10.6 Å². The smallest absolute Gasteiger partial charge is 0.182 e. The number of nitrogens with zero attached hydrogens (tertiary/aromatic N) is 1. The Hall–Kier alpha value is -1.23. The molecule has 0 saturated carbocycles. The summed E-state index contributed by atoms with van der Waals surface area (Å²) in [5, 5.41) is 0. The minimum atomic E-state index is -0.870. The Morgan fingerprint density at radius 2 is 2.00 bits per heavy atom. The largest absolute Gasteiger partial charge is 0.393 e. The van der Waals surface area contributed by atoms with E-state index in [1.807, 2.05) is 0 Å². The molecule has 0 fully saturated rings. The van der Waals surface area contributed by atoms with Crippen molar-refractivity contribution < 1.29 is 8.78 Å². The summed E-state index contributed by atoms with van der Waals surface area (Å²) in [6.07, 6.45) is 0.264. The van der Waals surface area contributed by atoms with Crippen LogP contribution in [0.1, 0.15) is 5.56 Å². The van der Waals surface area contributed by atoms with E-state index in [2.05, 4.69) is 0 Å². The first-order chi connectivity index (χ1) is 6.93. The van der Waals surface area contributed by atoms with E-state index in [9.17, 15) is 8.78 Å². The molecule has 0 spiro atoms. The third-order valence-electron chi connectivity index (χ3n) is 1.96. The minimum absolute atomic E-state index is 0.197. The van der Waals surface area contributed by atoms with Gasteiger partial charge < -0.3 is 10.6 Å². The molecule has 0 atom stereocenters. The molecule has 82 valence electrons. The molecule has 0 bridgehead atoms. The number of nitrogens with two attached hydrogens (primary N) is 1. The number of hydrogen-bond acceptors (Lipinski definition) is 2. The molecule has 1 aromatic rings. The zero-order valence-corrected chi connectivity index (χ0v) is 9.37. The summed E-state index contributed by atoms with van der Waals surface area (Å²) in [5.41, 5.74) is 6.16. The molecule has 0 aliphatic carbocycles. The van der Waals surface area contributed by atoms with Gasteiger partial charge in [-0.1, -0.05) is 18.3 Å². The number of halogens is 2. The van der Waals surface area contributed by atoms with Gasteiger partial charge in [0.25, 0.3) is 0 Å². The van der Waals surface area contributed by atoms with Crippen LogP contribution in [0.3, 0.4) is 0 Å². The van der Waals surface area contributed by atoms with Crippen LogP contribution in [0.2, 0.25) is 0 Å². The number of rotatable bonds is 3. The SMILES string of the molecule is CN(C)c1c(CC(N)=S)ccc(F)c1F. The molecule has 0 saturated heterocycles. The molecule has 2 nitrogen and oxygen atoms in total. The molecule has 2 N–H and O–H groups in total. The van der Waals surface area contributed by atoms with E-state index in [-0.39, 0.29) is 17.1 Å². The summed E-state index contributed by atoms with van der Waals surface area (Å²) in [7, 11) is 3.28. The van der Waals surface area contributed by atoms with Gasteiger partial charge in [0.05, 0.1) is 10.7 Å². The first-order valence-electron chi connectivity index (χ1n) is 4.36. The highest BCUT2D eigenvalue weighted by Gasteiger charge is 2.15. The van der Waals surface area contributed by atoms with Crippen LogP contribution >= 0.6 is 12.2 Å². The molecule has 0 aliphatic rings. The fraction of sp³-hybridized carbons (Fsp3) is 0.300. The second-order valence-electron chi connectivity index (χ2n) is 3.41. The molecule has 0 aromatic heterocycles. The van der Waals surface area contributed by atoms with Crippen molar-refractivity contribution in [2.75, 3.05) is 19.0 Å². The lowest BCUT2D eigenvalue weighted by Gasteiger charge is -2.18. The highest BCUT2D eigenvalue weighted by molar-refractivity contribution is 7.80. The van der Waals surface area contributed by atoms with Crippen molar-refractivity contribution in [2.24, 2.45) is 5.73 Å². The van der Waals surface area contributed by atoms with Gasteiger partial charge in [0.2, 0.25) is 0 Å². The summed E-state index contributed by atoms with van der Waals surface area (Å²) >= 11 is 4.74. The first kappa shape index (κ1) is 11.8. The van der Waals surface area contributed by atoms with Crippen molar-refractivity contribution in [2.45, 2.75) is 6.42 Å². The molecular formula is C10H12F2N2S. The average Bonchev–Trinajstić information content (AvgIpc) is 2.10. The Bertz CT molecular complexity index is 391. The predicted molar refractivity (Wildman–Crippen MR) is 61.2 cm³/mol. The summed E-state index contributed by atoms with van der Waals surface area (Å²) in [6, 6.07) is 2.57. The summed E-state index contributed by atoms with van der Waals surface area (Å²) in [4.78, 5) is 1.76. The zero-order chi connectivity index (χ0) is 11.6. The predicted octanol–water partition coefficient (Wildman–Crippen LogP) is 1.86. The van der Waals surface area contributed by atoms with Crippen LogP contribution in [0.5, 0.6) is 0 Å². The van der Waals surface area contributed by atoms with E-state index in [0.717, 1.165) is 6.07 Å². The lowest BCUT2D eigenvalue weighted by Crippen LogP contribution is -2.18. The van der Waals surface area contributed by atoms with Gasteiger partial charge in [-0.3, -0.25) is 0 Å². The maximum atomic E-state index is 13.5. The van der Waals surface area contributed by atoms with Crippen molar-refractivity contribution in [1.82, 2.24) is 0 Å². The van der Waals surface area contributed by atoms with Gasteiger partial charge in [-0.15, -0.1) is 0 Å². The Morgan fingerprint density at radius 1 is 1.40 bits per heavy atom. The zero-order valence-electron chi connectivity index (χ0n) is 8.55.